The van der Waals surface area contributed by atoms with Gasteiger partial charge in [0.2, 0.25) is 11.6 Å². The first-order valence-corrected chi connectivity index (χ1v) is 8.21. The summed E-state index contributed by atoms with van der Waals surface area (Å²) >= 11 is 0. The number of aliphatic hydroxyl groups is 1. The minimum atomic E-state index is -1.25. The largest absolute Gasteiger partial charge is 0.507 e. The Hall–Kier alpha value is -3.42. The normalized spacial score (nSPS) is 13.8. The van der Waals surface area contributed by atoms with Crippen LogP contribution < -0.4 is 0 Å². The predicted octanol–water partition coefficient (Wildman–Crippen LogP) is 2.17. The SMILES string of the molecule is O=C(O)CC(=O)OCCCCC=CC1=C(O)c2c(O)cccc2C(=O)C1=O. The molecule has 0 aromatic heterocycles. The van der Waals surface area contributed by atoms with Gasteiger partial charge in [-0.2, -0.15) is 0 Å². The number of benzene rings is 1. The van der Waals surface area contributed by atoms with Crippen LogP contribution in [0.5, 0.6) is 5.75 Å². The lowest BCUT2D eigenvalue weighted by Crippen LogP contribution is -2.23. The molecule has 0 heterocycles. The molecule has 0 unspecified atom stereocenters. The molecule has 1 aliphatic rings. The van der Waals surface area contributed by atoms with E-state index in [1.54, 1.807) is 6.08 Å². The zero-order valence-corrected chi connectivity index (χ0v) is 14.3. The Morgan fingerprint density at radius 3 is 2.52 bits per heavy atom. The highest BCUT2D eigenvalue weighted by molar-refractivity contribution is 6.53. The van der Waals surface area contributed by atoms with Crippen LogP contribution in [0.2, 0.25) is 0 Å². The summed E-state index contributed by atoms with van der Waals surface area (Å²) in [5.74, 6) is -4.46. The molecule has 0 radical (unpaired) electrons. The third-order valence-electron chi connectivity index (χ3n) is 3.84. The minimum absolute atomic E-state index is 0.0437. The number of ketones is 2. The number of carboxylic acid groups (broad SMARTS) is 1. The number of allylic oxidation sites excluding steroid dienone is 3. The van der Waals surface area contributed by atoms with Crippen LogP contribution >= 0.6 is 0 Å². The van der Waals surface area contributed by atoms with E-state index in [0.29, 0.717) is 19.3 Å². The van der Waals surface area contributed by atoms with Gasteiger partial charge in [0.1, 0.15) is 17.9 Å². The van der Waals surface area contributed by atoms with E-state index in [9.17, 15) is 29.4 Å². The molecule has 0 aliphatic heterocycles. The molecule has 2 rings (SSSR count). The van der Waals surface area contributed by atoms with Crippen LogP contribution in [0, 0.1) is 0 Å². The van der Waals surface area contributed by atoms with Gasteiger partial charge in [0.05, 0.1) is 17.7 Å². The van der Waals surface area contributed by atoms with Gasteiger partial charge >= 0.3 is 11.9 Å². The Morgan fingerprint density at radius 1 is 1.07 bits per heavy atom. The fourth-order valence-electron chi connectivity index (χ4n) is 2.55. The Labute approximate surface area is 154 Å². The molecule has 0 saturated carbocycles. The van der Waals surface area contributed by atoms with Crippen LogP contribution in [-0.4, -0.2) is 45.4 Å². The number of esters is 1. The van der Waals surface area contributed by atoms with E-state index in [4.69, 9.17) is 9.84 Å². The minimum Gasteiger partial charge on any atom is -0.507 e. The molecule has 1 aliphatic carbocycles. The second-order valence-corrected chi connectivity index (χ2v) is 5.81. The van der Waals surface area contributed by atoms with E-state index in [0.717, 1.165) is 0 Å². The number of phenols is 1. The van der Waals surface area contributed by atoms with Crippen molar-refractivity contribution in [3.05, 3.63) is 47.1 Å². The van der Waals surface area contributed by atoms with Crippen molar-refractivity contribution in [2.24, 2.45) is 0 Å². The Kier molecular flexibility index (Phi) is 6.48. The lowest BCUT2D eigenvalue weighted by Gasteiger charge is -2.16. The molecule has 0 amide bonds. The van der Waals surface area contributed by atoms with Crippen LogP contribution in [0.25, 0.3) is 5.76 Å². The zero-order valence-electron chi connectivity index (χ0n) is 14.3. The number of fused-ring (bicyclic) bond motifs is 1. The smallest absolute Gasteiger partial charge is 0.317 e. The number of hydrogen-bond donors (Lipinski definition) is 3. The van der Waals surface area contributed by atoms with Gasteiger partial charge in [0.15, 0.2) is 0 Å². The number of rotatable bonds is 8. The molecule has 3 N–H and O–H groups in total. The highest BCUT2D eigenvalue weighted by Crippen LogP contribution is 2.34. The van der Waals surface area contributed by atoms with Gasteiger partial charge in [0, 0.05) is 5.56 Å². The van der Waals surface area contributed by atoms with Crippen LogP contribution in [0.1, 0.15) is 41.6 Å². The number of aromatic hydroxyl groups is 1. The molecule has 0 bridgehead atoms. The van der Waals surface area contributed by atoms with E-state index in [1.165, 1.54) is 24.3 Å². The summed E-state index contributed by atoms with van der Waals surface area (Å²) < 4.78 is 4.73. The summed E-state index contributed by atoms with van der Waals surface area (Å²) in [4.78, 5) is 45.6. The van der Waals surface area contributed by atoms with Crippen LogP contribution in [0.4, 0.5) is 0 Å². The van der Waals surface area contributed by atoms with Crippen molar-refractivity contribution in [3.8, 4) is 5.75 Å². The standard InChI is InChI=1S/C19H18O8/c20-13-8-5-7-11-16(13)17(24)12(19(26)18(11)25)6-3-1-2-4-9-27-15(23)10-14(21)22/h3,5-8,20,24H,1-2,4,9-10H2,(H,21,22). The maximum Gasteiger partial charge on any atom is 0.317 e. The lowest BCUT2D eigenvalue weighted by atomic mass is 9.87. The van der Waals surface area contributed by atoms with Crippen molar-refractivity contribution in [2.75, 3.05) is 6.61 Å². The topological polar surface area (TPSA) is 138 Å². The maximum absolute atomic E-state index is 12.1. The van der Waals surface area contributed by atoms with Gasteiger partial charge in [-0.3, -0.25) is 19.2 Å². The molecule has 0 saturated heterocycles. The predicted molar refractivity (Wildman–Crippen MR) is 93.2 cm³/mol. The molecular formula is C19H18O8. The average molecular weight is 374 g/mol. The third kappa shape index (κ3) is 4.81. The fourth-order valence-corrected chi connectivity index (χ4v) is 2.55. The maximum atomic E-state index is 12.1. The lowest BCUT2D eigenvalue weighted by molar-refractivity contribution is -0.151. The van der Waals surface area contributed by atoms with E-state index >= 15 is 0 Å². The first-order chi connectivity index (χ1) is 12.8. The average Bonchev–Trinajstić information content (AvgIpc) is 2.60. The number of ether oxygens (including phenoxy) is 1. The van der Waals surface area contributed by atoms with Crippen LogP contribution in [0.15, 0.2) is 35.9 Å². The number of Topliss-reactive ketones (excluding diaryl/α,β-unsaturated/α-hetero) is 2. The highest BCUT2D eigenvalue weighted by atomic mass is 16.5. The second-order valence-electron chi connectivity index (χ2n) is 5.81. The van der Waals surface area contributed by atoms with Crippen LogP contribution in [-0.2, 0) is 19.1 Å². The Morgan fingerprint density at radius 2 is 1.81 bits per heavy atom. The first-order valence-electron chi connectivity index (χ1n) is 8.21. The Balaban J connectivity index is 1.93. The molecule has 1 aromatic carbocycles. The summed E-state index contributed by atoms with van der Waals surface area (Å²) in [6.07, 6.45) is 3.76. The number of carboxylic acids is 1. The van der Waals surface area contributed by atoms with E-state index in [2.05, 4.69) is 0 Å². The van der Waals surface area contributed by atoms with Crippen molar-refractivity contribution in [3.63, 3.8) is 0 Å². The van der Waals surface area contributed by atoms with Gasteiger partial charge in [0.25, 0.3) is 0 Å². The number of aliphatic carboxylic acids is 1. The summed E-state index contributed by atoms with van der Waals surface area (Å²) in [6.45, 7) is 0.0760. The summed E-state index contributed by atoms with van der Waals surface area (Å²) in [6, 6.07) is 4.08. The van der Waals surface area contributed by atoms with Gasteiger partial charge < -0.3 is 20.1 Å². The van der Waals surface area contributed by atoms with E-state index in [-0.39, 0.29) is 29.1 Å². The summed E-state index contributed by atoms with van der Waals surface area (Å²) in [5, 5.41) is 28.5. The number of carbonyl (C=O) groups excluding carboxylic acids is 3. The molecule has 8 nitrogen and oxygen atoms in total. The van der Waals surface area contributed by atoms with E-state index < -0.39 is 35.7 Å². The number of unbranched alkanes of at least 4 members (excludes halogenated alkanes) is 2. The summed E-state index contributed by atoms with van der Waals surface area (Å²) in [7, 11) is 0. The van der Waals surface area contributed by atoms with E-state index in [1.807, 2.05) is 0 Å². The van der Waals surface area contributed by atoms with Crippen molar-refractivity contribution < 1.29 is 39.2 Å². The monoisotopic (exact) mass is 374 g/mol. The van der Waals surface area contributed by atoms with Crippen molar-refractivity contribution in [2.45, 2.75) is 25.7 Å². The molecule has 8 heteroatoms. The Bertz CT molecular complexity index is 847. The van der Waals surface area contributed by atoms with Crippen molar-refractivity contribution >= 4 is 29.3 Å². The molecular weight excluding hydrogens is 356 g/mol. The van der Waals surface area contributed by atoms with Gasteiger partial charge in [-0.1, -0.05) is 18.2 Å². The summed E-state index contributed by atoms with van der Waals surface area (Å²) in [5.41, 5.74) is -0.299. The highest BCUT2D eigenvalue weighted by Gasteiger charge is 2.33. The van der Waals surface area contributed by atoms with Crippen LogP contribution in [0.3, 0.4) is 0 Å². The molecule has 27 heavy (non-hydrogen) atoms. The van der Waals surface area contributed by atoms with Crippen molar-refractivity contribution in [1.82, 2.24) is 0 Å². The molecule has 142 valence electrons. The van der Waals surface area contributed by atoms with Gasteiger partial charge in [-0.25, -0.2) is 0 Å². The quantitative estimate of drug-likeness (QED) is 0.272. The molecule has 0 fully saturated rings. The zero-order chi connectivity index (χ0) is 20.0. The van der Waals surface area contributed by atoms with Gasteiger partial charge in [-0.05, 0) is 31.4 Å². The number of aliphatic hydroxyl groups excluding tert-OH is 1. The molecule has 1 aromatic rings. The number of phenolic OH excluding ortho intramolecular Hbond substituents is 1. The fraction of sp³-hybridized carbons (Fsp3) is 0.263. The number of carbonyl (C=O) groups is 4. The second kappa shape index (κ2) is 8.79. The molecule has 0 spiro atoms. The third-order valence-corrected chi connectivity index (χ3v) is 3.84. The molecule has 0 atom stereocenters. The first kappa shape index (κ1) is 19.9. The van der Waals surface area contributed by atoms with Gasteiger partial charge in [-0.15, -0.1) is 0 Å². The van der Waals surface area contributed by atoms with Crippen molar-refractivity contribution in [1.29, 1.82) is 0 Å². The number of hydrogen-bond acceptors (Lipinski definition) is 7.